The zero-order valence-electron chi connectivity index (χ0n) is 12.4. The van der Waals surface area contributed by atoms with Crippen LogP contribution < -0.4 is 0 Å². The van der Waals surface area contributed by atoms with Gasteiger partial charge < -0.3 is 14.2 Å². The quantitative estimate of drug-likeness (QED) is 0.516. The summed E-state index contributed by atoms with van der Waals surface area (Å²) < 4.78 is 15.8. The van der Waals surface area contributed by atoms with Gasteiger partial charge in [0, 0.05) is 33.7 Å². The molecule has 0 unspecified atom stereocenters. The Labute approximate surface area is 122 Å². The normalized spacial score (nSPS) is 35.1. The Bertz CT molecular complexity index is 452. The molecule has 5 atom stereocenters. The molecule has 1 heterocycles. The molecule has 0 aromatic rings. The third kappa shape index (κ3) is 3.16. The van der Waals surface area contributed by atoms with Gasteiger partial charge in [0.1, 0.15) is 6.10 Å². The summed E-state index contributed by atoms with van der Waals surface area (Å²) in [4.78, 5) is 39.4. The Morgan fingerprint density at radius 1 is 0.905 bits per heavy atom. The van der Waals surface area contributed by atoms with Gasteiger partial charge in [0.2, 0.25) is 0 Å². The summed E-state index contributed by atoms with van der Waals surface area (Å²) in [6.45, 7) is 4.10. The average molecular weight is 301 g/mol. The summed E-state index contributed by atoms with van der Waals surface area (Å²) in [6, 6.07) is -0.331. The molecule has 0 spiro atoms. The molecule has 0 N–H and O–H groups in total. The molecule has 0 bridgehead atoms. The van der Waals surface area contributed by atoms with Crippen LogP contribution in [0.25, 0.3) is 0 Å². The fraction of sp³-hybridized carbons (Fsp3) is 0.769. The molecule has 0 amide bonds. The third-order valence-corrected chi connectivity index (χ3v) is 3.64. The lowest BCUT2D eigenvalue weighted by molar-refractivity contribution is -0.190. The first-order valence-electron chi connectivity index (χ1n) is 6.68. The number of esters is 3. The number of hydroxylamine groups is 2. The van der Waals surface area contributed by atoms with E-state index in [1.165, 1.54) is 20.8 Å². The van der Waals surface area contributed by atoms with Crippen molar-refractivity contribution in [1.29, 1.82) is 0 Å². The SMILES string of the molecule is CC(=O)O[C@H]1[C@H](OC(C)=O)[C@H]2CON(C)[C@H]2[C@@H]1OC(C)=O. The molecule has 8 heteroatoms. The van der Waals surface area contributed by atoms with Crippen molar-refractivity contribution in [3.05, 3.63) is 0 Å². The van der Waals surface area contributed by atoms with Crippen molar-refractivity contribution in [1.82, 2.24) is 5.06 Å². The van der Waals surface area contributed by atoms with Crippen LogP contribution >= 0.6 is 0 Å². The fourth-order valence-corrected chi connectivity index (χ4v) is 3.02. The molecule has 0 radical (unpaired) electrons. The van der Waals surface area contributed by atoms with E-state index in [0.717, 1.165) is 0 Å². The van der Waals surface area contributed by atoms with Gasteiger partial charge in [0.25, 0.3) is 0 Å². The van der Waals surface area contributed by atoms with Crippen LogP contribution in [0.3, 0.4) is 0 Å². The summed E-state index contributed by atoms with van der Waals surface area (Å²) in [5.74, 6) is -1.75. The Morgan fingerprint density at radius 3 is 1.90 bits per heavy atom. The van der Waals surface area contributed by atoms with Crippen LogP contribution in [-0.4, -0.2) is 61.0 Å². The highest BCUT2D eigenvalue weighted by molar-refractivity contribution is 5.68. The fourth-order valence-electron chi connectivity index (χ4n) is 3.02. The van der Waals surface area contributed by atoms with E-state index in [1.54, 1.807) is 12.1 Å². The number of hydrogen-bond acceptors (Lipinski definition) is 8. The minimum atomic E-state index is -0.836. The first-order valence-corrected chi connectivity index (χ1v) is 6.68. The number of nitrogens with zero attached hydrogens (tertiary/aromatic N) is 1. The average Bonchev–Trinajstić information content (AvgIpc) is 2.82. The monoisotopic (exact) mass is 301 g/mol. The first-order chi connectivity index (χ1) is 9.81. The number of carbonyl (C=O) groups excluding carboxylic acids is 3. The number of rotatable bonds is 3. The topological polar surface area (TPSA) is 91.4 Å². The lowest BCUT2D eigenvalue weighted by Crippen LogP contribution is -2.44. The zero-order valence-corrected chi connectivity index (χ0v) is 12.4. The van der Waals surface area contributed by atoms with Gasteiger partial charge in [-0.15, -0.1) is 0 Å². The Hall–Kier alpha value is -1.67. The summed E-state index contributed by atoms with van der Waals surface area (Å²) in [5.41, 5.74) is 0. The highest BCUT2D eigenvalue weighted by Crippen LogP contribution is 2.40. The number of fused-ring (bicyclic) bond motifs is 1. The smallest absolute Gasteiger partial charge is 0.303 e. The van der Waals surface area contributed by atoms with Crippen molar-refractivity contribution in [2.45, 2.75) is 45.1 Å². The van der Waals surface area contributed by atoms with E-state index in [9.17, 15) is 14.4 Å². The Balaban J connectivity index is 2.30. The maximum absolute atomic E-state index is 11.3. The van der Waals surface area contributed by atoms with Crippen LogP contribution in [0.5, 0.6) is 0 Å². The lowest BCUT2D eigenvalue weighted by Gasteiger charge is -2.27. The van der Waals surface area contributed by atoms with Crippen LogP contribution in [-0.2, 0) is 33.4 Å². The molecular weight excluding hydrogens is 282 g/mol. The predicted octanol–water partition coefficient (Wildman–Crippen LogP) is -0.343. The van der Waals surface area contributed by atoms with E-state index in [4.69, 9.17) is 19.0 Å². The minimum Gasteiger partial charge on any atom is -0.458 e. The molecule has 0 aromatic heterocycles. The van der Waals surface area contributed by atoms with Gasteiger partial charge in [-0.2, -0.15) is 5.06 Å². The maximum Gasteiger partial charge on any atom is 0.303 e. The van der Waals surface area contributed by atoms with Crippen molar-refractivity contribution in [2.75, 3.05) is 13.7 Å². The van der Waals surface area contributed by atoms with Crippen LogP contribution in [0.1, 0.15) is 20.8 Å². The first kappa shape index (κ1) is 15.7. The highest BCUT2D eigenvalue weighted by Gasteiger charge is 2.60. The predicted molar refractivity (Wildman–Crippen MR) is 67.7 cm³/mol. The minimum absolute atomic E-state index is 0.229. The van der Waals surface area contributed by atoms with E-state index in [2.05, 4.69) is 0 Å². The number of likely N-dealkylation sites (N-methyl/N-ethyl adjacent to an activating group) is 1. The van der Waals surface area contributed by atoms with Gasteiger partial charge in [-0.3, -0.25) is 19.2 Å². The molecule has 2 fully saturated rings. The molecule has 2 aliphatic rings. The lowest BCUT2D eigenvalue weighted by atomic mass is 10.0. The van der Waals surface area contributed by atoms with Crippen LogP contribution in [0, 0.1) is 5.92 Å². The molecule has 2 rings (SSSR count). The van der Waals surface area contributed by atoms with Crippen molar-refractivity contribution in [3.8, 4) is 0 Å². The molecule has 0 aromatic carbocycles. The Morgan fingerprint density at radius 2 is 1.38 bits per heavy atom. The Kier molecular flexibility index (Phi) is 4.48. The second-order valence-corrected chi connectivity index (χ2v) is 5.22. The number of ether oxygens (including phenoxy) is 3. The summed E-state index contributed by atoms with van der Waals surface area (Å²) in [6.07, 6.45) is -2.28. The van der Waals surface area contributed by atoms with Gasteiger partial charge in [0.05, 0.1) is 12.6 Å². The maximum atomic E-state index is 11.3. The molecule has 8 nitrogen and oxygen atoms in total. The van der Waals surface area contributed by atoms with Gasteiger partial charge in [-0.1, -0.05) is 0 Å². The molecule has 118 valence electrons. The molecule has 1 aliphatic carbocycles. The summed E-state index contributed by atoms with van der Waals surface area (Å²) >= 11 is 0. The summed E-state index contributed by atoms with van der Waals surface area (Å²) in [7, 11) is 1.70. The third-order valence-electron chi connectivity index (χ3n) is 3.64. The van der Waals surface area contributed by atoms with Gasteiger partial charge in [0.15, 0.2) is 12.2 Å². The zero-order chi connectivity index (χ0) is 15.7. The van der Waals surface area contributed by atoms with E-state index >= 15 is 0 Å². The molecule has 21 heavy (non-hydrogen) atoms. The van der Waals surface area contributed by atoms with E-state index in [0.29, 0.717) is 6.61 Å². The molecular formula is C13H19NO7. The van der Waals surface area contributed by atoms with Crippen LogP contribution in [0.2, 0.25) is 0 Å². The van der Waals surface area contributed by atoms with Crippen LogP contribution in [0.4, 0.5) is 0 Å². The van der Waals surface area contributed by atoms with Gasteiger partial charge in [-0.05, 0) is 0 Å². The van der Waals surface area contributed by atoms with E-state index < -0.39 is 36.2 Å². The van der Waals surface area contributed by atoms with Crippen molar-refractivity contribution in [3.63, 3.8) is 0 Å². The number of hydrogen-bond donors (Lipinski definition) is 0. The van der Waals surface area contributed by atoms with Gasteiger partial charge in [-0.25, -0.2) is 0 Å². The standard InChI is InChI=1S/C13H19NO7/c1-6(15)19-11-9-5-18-14(4)10(9)12(20-7(2)16)13(11)21-8(3)17/h9-13H,5H2,1-4H3/t9-,10+,11+,12-,13-/m0/s1. The summed E-state index contributed by atoms with van der Waals surface area (Å²) in [5, 5.41) is 1.55. The second kappa shape index (κ2) is 5.98. The van der Waals surface area contributed by atoms with Crippen LogP contribution in [0.15, 0.2) is 0 Å². The highest BCUT2D eigenvalue weighted by atomic mass is 16.7. The van der Waals surface area contributed by atoms with E-state index in [1.807, 2.05) is 0 Å². The number of carbonyl (C=O) groups is 3. The van der Waals surface area contributed by atoms with E-state index in [-0.39, 0.29) is 12.0 Å². The largest absolute Gasteiger partial charge is 0.458 e. The van der Waals surface area contributed by atoms with Crippen molar-refractivity contribution >= 4 is 17.9 Å². The molecule has 1 saturated carbocycles. The second-order valence-electron chi connectivity index (χ2n) is 5.22. The molecule has 1 aliphatic heterocycles. The van der Waals surface area contributed by atoms with Crippen molar-refractivity contribution < 1.29 is 33.4 Å². The molecule has 1 saturated heterocycles. The van der Waals surface area contributed by atoms with Crippen molar-refractivity contribution in [2.24, 2.45) is 5.92 Å². The van der Waals surface area contributed by atoms with Gasteiger partial charge >= 0.3 is 17.9 Å².